The Hall–Kier alpha value is -3.85. The third-order valence-electron chi connectivity index (χ3n) is 4.53. The maximum atomic E-state index is 11.3. The Morgan fingerprint density at radius 1 is 0.967 bits per heavy atom. The van der Waals surface area contributed by atoms with Crippen LogP contribution in [-0.2, 0) is 19.6 Å². The fourth-order valence-electron chi connectivity index (χ4n) is 2.99. The van der Waals surface area contributed by atoms with Crippen molar-refractivity contribution in [3.05, 3.63) is 82.4 Å². The molecule has 0 radical (unpaired) electrons. The van der Waals surface area contributed by atoms with E-state index in [0.717, 1.165) is 11.3 Å². The van der Waals surface area contributed by atoms with Crippen molar-refractivity contribution in [2.45, 2.75) is 19.6 Å². The zero-order valence-corrected chi connectivity index (χ0v) is 16.4. The number of rotatable bonds is 9. The summed E-state index contributed by atoms with van der Waals surface area (Å²) in [6.45, 7) is 1.70. The molecule has 0 spiro atoms. The summed E-state index contributed by atoms with van der Waals surface area (Å²) in [6, 6.07) is 19.3. The minimum Gasteiger partial charge on any atom is -0.497 e. The molecule has 0 bridgehead atoms. The molecule has 152 valence electrons. The first-order valence-electron chi connectivity index (χ1n) is 9.46. The molecule has 0 saturated heterocycles. The van der Waals surface area contributed by atoms with E-state index in [1.54, 1.807) is 13.2 Å². The summed E-state index contributed by atoms with van der Waals surface area (Å²) in [5, 5.41) is 13.8. The lowest BCUT2D eigenvalue weighted by Crippen LogP contribution is -2.14. The summed E-state index contributed by atoms with van der Waals surface area (Å²) in [6.07, 6.45) is 0. The van der Waals surface area contributed by atoms with Gasteiger partial charge in [0.1, 0.15) is 5.75 Å². The van der Waals surface area contributed by atoms with E-state index >= 15 is 0 Å². The Bertz CT molecular complexity index is 1130. The normalized spacial score (nSPS) is 10.8. The van der Waals surface area contributed by atoms with Gasteiger partial charge in [-0.2, -0.15) is 9.50 Å². The standard InChI is InChI=1S/C21H21N7O2/c1-30-18-9-7-16(8-10-18)13-23-20-25-21-24-17(11-19(27-29)28(21)26-20)14-22-12-15-5-3-2-4-6-15/h2-11,22H,12-14H2,1H3,(H,23,26). The van der Waals surface area contributed by atoms with E-state index in [1.165, 1.54) is 10.1 Å². The molecule has 9 heteroatoms. The predicted octanol–water partition coefficient (Wildman–Crippen LogP) is 3.43. The molecule has 0 atom stereocenters. The molecular formula is C21H21N7O2. The van der Waals surface area contributed by atoms with E-state index in [9.17, 15) is 4.91 Å². The third kappa shape index (κ3) is 4.58. The van der Waals surface area contributed by atoms with Gasteiger partial charge in [-0.1, -0.05) is 42.5 Å². The Morgan fingerprint density at radius 3 is 2.47 bits per heavy atom. The molecule has 0 aliphatic rings. The number of hydrogen-bond acceptors (Lipinski definition) is 8. The topological polar surface area (TPSA) is 106 Å². The summed E-state index contributed by atoms with van der Waals surface area (Å²) in [4.78, 5) is 20.2. The number of aromatic nitrogens is 4. The van der Waals surface area contributed by atoms with Crippen molar-refractivity contribution in [2.24, 2.45) is 5.18 Å². The minimum absolute atomic E-state index is 0.154. The van der Waals surface area contributed by atoms with Crippen molar-refractivity contribution in [2.75, 3.05) is 12.4 Å². The average Bonchev–Trinajstić information content (AvgIpc) is 3.21. The number of nitrogens with zero attached hydrogens (tertiary/aromatic N) is 5. The molecule has 0 unspecified atom stereocenters. The van der Waals surface area contributed by atoms with Gasteiger partial charge >= 0.3 is 0 Å². The van der Waals surface area contributed by atoms with Crippen molar-refractivity contribution < 1.29 is 4.74 Å². The smallest absolute Gasteiger partial charge is 0.256 e. The van der Waals surface area contributed by atoms with Crippen LogP contribution in [0.1, 0.15) is 16.8 Å². The second kappa shape index (κ2) is 9.10. The van der Waals surface area contributed by atoms with Gasteiger partial charge in [-0.25, -0.2) is 4.98 Å². The first-order chi connectivity index (χ1) is 14.7. The van der Waals surface area contributed by atoms with Crippen molar-refractivity contribution in [3.8, 4) is 5.75 Å². The van der Waals surface area contributed by atoms with Crippen LogP contribution in [0, 0.1) is 4.91 Å². The highest BCUT2D eigenvalue weighted by atomic mass is 16.5. The van der Waals surface area contributed by atoms with Crippen molar-refractivity contribution in [1.82, 2.24) is 24.9 Å². The number of methoxy groups -OCH3 is 1. The number of nitroso groups, excluding NO2 is 1. The van der Waals surface area contributed by atoms with Crippen LogP contribution < -0.4 is 15.4 Å². The second-order valence-electron chi connectivity index (χ2n) is 6.63. The lowest BCUT2D eigenvalue weighted by molar-refractivity contribution is 0.414. The maximum absolute atomic E-state index is 11.3. The first kappa shape index (κ1) is 19.5. The number of fused-ring (bicyclic) bond motifs is 1. The van der Waals surface area contributed by atoms with E-state index in [2.05, 4.69) is 30.9 Å². The van der Waals surface area contributed by atoms with Crippen LogP contribution >= 0.6 is 0 Å². The first-order valence-corrected chi connectivity index (χ1v) is 9.46. The van der Waals surface area contributed by atoms with Gasteiger partial charge in [0.05, 0.1) is 12.8 Å². The predicted molar refractivity (Wildman–Crippen MR) is 114 cm³/mol. The molecule has 0 aliphatic carbocycles. The summed E-state index contributed by atoms with van der Waals surface area (Å²) >= 11 is 0. The van der Waals surface area contributed by atoms with Gasteiger partial charge in [0, 0.05) is 25.7 Å². The van der Waals surface area contributed by atoms with Gasteiger partial charge in [0.15, 0.2) is 0 Å². The fraction of sp³-hybridized carbons (Fsp3) is 0.190. The molecule has 30 heavy (non-hydrogen) atoms. The van der Waals surface area contributed by atoms with E-state index in [-0.39, 0.29) is 5.82 Å². The molecule has 2 N–H and O–H groups in total. The van der Waals surface area contributed by atoms with Crippen molar-refractivity contribution in [3.63, 3.8) is 0 Å². The lowest BCUT2D eigenvalue weighted by atomic mass is 10.2. The van der Waals surface area contributed by atoms with Gasteiger partial charge in [0.2, 0.25) is 11.8 Å². The molecule has 4 rings (SSSR count). The quantitative estimate of drug-likeness (QED) is 0.412. The largest absolute Gasteiger partial charge is 0.497 e. The Balaban J connectivity index is 1.45. The second-order valence-corrected chi connectivity index (χ2v) is 6.63. The van der Waals surface area contributed by atoms with Crippen LogP contribution in [0.2, 0.25) is 0 Å². The zero-order chi connectivity index (χ0) is 20.8. The van der Waals surface area contributed by atoms with E-state index < -0.39 is 0 Å². The summed E-state index contributed by atoms with van der Waals surface area (Å²) in [7, 11) is 1.63. The number of anilines is 1. The van der Waals surface area contributed by atoms with Crippen LogP contribution in [0.3, 0.4) is 0 Å². The highest BCUT2D eigenvalue weighted by molar-refractivity contribution is 5.45. The number of hydrogen-bond donors (Lipinski definition) is 2. The molecule has 4 aromatic rings. The molecule has 0 saturated carbocycles. The van der Waals surface area contributed by atoms with Gasteiger partial charge < -0.3 is 15.4 Å². The zero-order valence-electron chi connectivity index (χ0n) is 16.4. The fourth-order valence-corrected chi connectivity index (χ4v) is 2.99. The summed E-state index contributed by atoms with van der Waals surface area (Å²) in [5.74, 6) is 1.64. The van der Waals surface area contributed by atoms with Crippen LogP contribution in [0.15, 0.2) is 65.8 Å². The van der Waals surface area contributed by atoms with Crippen LogP contribution in [0.5, 0.6) is 5.75 Å². The van der Waals surface area contributed by atoms with E-state index in [4.69, 9.17) is 4.74 Å². The van der Waals surface area contributed by atoms with Crippen LogP contribution in [0.25, 0.3) is 5.78 Å². The van der Waals surface area contributed by atoms with Gasteiger partial charge in [-0.15, -0.1) is 10.0 Å². The Labute approximate surface area is 173 Å². The highest BCUT2D eigenvalue weighted by Gasteiger charge is 2.12. The van der Waals surface area contributed by atoms with E-state index in [0.29, 0.717) is 37.1 Å². The highest BCUT2D eigenvalue weighted by Crippen LogP contribution is 2.17. The minimum atomic E-state index is 0.154. The molecular weight excluding hydrogens is 382 g/mol. The van der Waals surface area contributed by atoms with E-state index in [1.807, 2.05) is 54.6 Å². The molecule has 2 aromatic heterocycles. The molecule has 9 nitrogen and oxygen atoms in total. The molecule has 2 aromatic carbocycles. The van der Waals surface area contributed by atoms with Crippen LogP contribution in [0.4, 0.5) is 11.8 Å². The summed E-state index contributed by atoms with van der Waals surface area (Å²) in [5.41, 5.74) is 2.88. The van der Waals surface area contributed by atoms with Gasteiger partial charge in [0.25, 0.3) is 5.78 Å². The molecule has 0 fully saturated rings. The number of ether oxygens (including phenoxy) is 1. The van der Waals surface area contributed by atoms with Crippen LogP contribution in [-0.4, -0.2) is 26.7 Å². The Kier molecular flexibility index (Phi) is 5.90. The van der Waals surface area contributed by atoms with Gasteiger partial charge in [-0.3, -0.25) is 0 Å². The average molecular weight is 403 g/mol. The SMILES string of the molecule is COc1ccc(CNc2nc3nc(CNCc4ccccc4)cc(N=O)n3n2)cc1. The lowest BCUT2D eigenvalue weighted by Gasteiger charge is -2.05. The molecule has 2 heterocycles. The molecule has 0 aliphatic heterocycles. The van der Waals surface area contributed by atoms with Crippen molar-refractivity contribution in [1.29, 1.82) is 0 Å². The Morgan fingerprint density at radius 2 is 1.73 bits per heavy atom. The number of benzene rings is 2. The van der Waals surface area contributed by atoms with Gasteiger partial charge in [-0.05, 0) is 28.4 Å². The van der Waals surface area contributed by atoms with Crippen molar-refractivity contribution >= 4 is 17.5 Å². The molecule has 0 amide bonds. The summed E-state index contributed by atoms with van der Waals surface area (Å²) < 4.78 is 6.50. The third-order valence-corrected chi connectivity index (χ3v) is 4.53. The number of nitrogens with one attached hydrogen (secondary N) is 2. The monoisotopic (exact) mass is 403 g/mol. The maximum Gasteiger partial charge on any atom is 0.256 e.